The Hall–Kier alpha value is -2.41. The molecule has 0 unspecified atom stereocenters. The molecule has 2 heterocycles. The van der Waals surface area contributed by atoms with Gasteiger partial charge in [-0.3, -0.25) is 14.9 Å². The summed E-state index contributed by atoms with van der Waals surface area (Å²) in [5.74, 6) is -0.611. The van der Waals surface area contributed by atoms with Crippen LogP contribution < -0.4 is 5.32 Å². The third-order valence-corrected chi connectivity index (χ3v) is 4.00. The zero-order valence-corrected chi connectivity index (χ0v) is 12.5. The topological polar surface area (TPSA) is 91.0 Å². The summed E-state index contributed by atoms with van der Waals surface area (Å²) >= 11 is 6.02. The predicted molar refractivity (Wildman–Crippen MR) is 80.1 cm³/mol. The number of hydrogen-bond acceptors (Lipinski definition) is 4. The standard InChI is InChI=1S/C14H14ClN5O2/c1-20-11(21)6-10(13(22)18-14-16-7-17-19-14)12(20)8-3-2-4-9(15)5-8/h2-5,7,10,12H,6H2,1H3,(H2,16,17,18,19,22)/t10-,12+/m0/s1. The molecule has 0 saturated carbocycles. The second-order valence-corrected chi connectivity index (χ2v) is 5.57. The number of halogens is 1. The van der Waals surface area contributed by atoms with Crippen molar-refractivity contribution in [2.75, 3.05) is 12.4 Å². The third kappa shape index (κ3) is 2.67. The van der Waals surface area contributed by atoms with E-state index in [4.69, 9.17) is 11.6 Å². The monoisotopic (exact) mass is 319 g/mol. The number of benzene rings is 1. The van der Waals surface area contributed by atoms with E-state index in [0.717, 1.165) is 5.56 Å². The lowest BCUT2D eigenvalue weighted by Gasteiger charge is -2.24. The molecule has 1 aliphatic rings. The lowest BCUT2D eigenvalue weighted by atomic mass is 9.93. The molecule has 7 nitrogen and oxygen atoms in total. The Bertz CT molecular complexity index is 703. The number of rotatable bonds is 3. The zero-order chi connectivity index (χ0) is 15.7. The average Bonchev–Trinajstić information content (AvgIpc) is 3.08. The molecular formula is C14H14ClN5O2. The Kier molecular flexibility index (Phi) is 3.81. The lowest BCUT2D eigenvalue weighted by Crippen LogP contribution is -2.30. The highest BCUT2D eigenvalue weighted by molar-refractivity contribution is 6.30. The molecule has 1 saturated heterocycles. The van der Waals surface area contributed by atoms with Crippen molar-refractivity contribution in [3.8, 4) is 0 Å². The van der Waals surface area contributed by atoms with Gasteiger partial charge in [0, 0.05) is 18.5 Å². The Balaban J connectivity index is 1.88. The molecule has 8 heteroatoms. The van der Waals surface area contributed by atoms with E-state index in [9.17, 15) is 9.59 Å². The Morgan fingerprint density at radius 2 is 2.32 bits per heavy atom. The number of amides is 2. The molecule has 114 valence electrons. The quantitative estimate of drug-likeness (QED) is 0.899. The largest absolute Gasteiger partial charge is 0.338 e. The fourth-order valence-electron chi connectivity index (χ4n) is 2.73. The summed E-state index contributed by atoms with van der Waals surface area (Å²) < 4.78 is 0. The van der Waals surface area contributed by atoms with Crippen LogP contribution in [0.1, 0.15) is 18.0 Å². The summed E-state index contributed by atoms with van der Waals surface area (Å²) in [5.41, 5.74) is 0.832. The van der Waals surface area contributed by atoms with Crippen molar-refractivity contribution in [3.05, 3.63) is 41.2 Å². The number of H-pyrrole nitrogens is 1. The molecule has 2 aromatic rings. The highest BCUT2D eigenvalue weighted by atomic mass is 35.5. The van der Waals surface area contributed by atoms with E-state index in [2.05, 4.69) is 20.5 Å². The van der Waals surface area contributed by atoms with Gasteiger partial charge in [-0.1, -0.05) is 23.7 Å². The fraction of sp³-hybridized carbons (Fsp3) is 0.286. The van der Waals surface area contributed by atoms with Gasteiger partial charge in [0.2, 0.25) is 17.8 Å². The summed E-state index contributed by atoms with van der Waals surface area (Å²) in [7, 11) is 1.69. The van der Waals surface area contributed by atoms with Gasteiger partial charge >= 0.3 is 0 Å². The van der Waals surface area contributed by atoms with E-state index in [1.54, 1.807) is 30.1 Å². The van der Waals surface area contributed by atoms with E-state index in [0.29, 0.717) is 5.02 Å². The molecule has 22 heavy (non-hydrogen) atoms. The predicted octanol–water partition coefficient (Wildman–Crippen LogP) is 1.62. The van der Waals surface area contributed by atoms with Crippen molar-refractivity contribution in [1.29, 1.82) is 0 Å². The molecule has 0 aliphatic carbocycles. The van der Waals surface area contributed by atoms with Crippen LogP contribution in [-0.2, 0) is 9.59 Å². The summed E-state index contributed by atoms with van der Waals surface area (Å²) in [4.78, 5) is 29.9. The molecule has 2 amide bonds. The van der Waals surface area contributed by atoms with Gasteiger partial charge in [0.15, 0.2) is 0 Å². The van der Waals surface area contributed by atoms with Gasteiger partial charge in [-0.25, -0.2) is 5.10 Å². The minimum atomic E-state index is -0.513. The molecule has 1 fully saturated rings. The van der Waals surface area contributed by atoms with Gasteiger partial charge in [-0.2, -0.15) is 10.1 Å². The first-order valence-electron chi connectivity index (χ1n) is 6.73. The molecule has 2 N–H and O–H groups in total. The SMILES string of the molecule is CN1C(=O)C[C@H](C(=O)Nc2ncn[nH]2)[C@H]1c1cccc(Cl)c1. The second kappa shape index (κ2) is 5.76. The maximum Gasteiger partial charge on any atom is 0.232 e. The van der Waals surface area contributed by atoms with Crippen molar-refractivity contribution in [2.45, 2.75) is 12.5 Å². The van der Waals surface area contributed by atoms with Crippen LogP contribution in [0, 0.1) is 5.92 Å². The molecule has 1 aliphatic heterocycles. The number of likely N-dealkylation sites (tertiary alicyclic amines) is 1. The number of hydrogen-bond donors (Lipinski definition) is 2. The van der Waals surface area contributed by atoms with Gasteiger partial charge in [0.1, 0.15) is 6.33 Å². The highest BCUT2D eigenvalue weighted by Gasteiger charge is 2.42. The molecule has 3 rings (SSSR count). The molecule has 0 bridgehead atoms. The van der Waals surface area contributed by atoms with Gasteiger partial charge in [-0.15, -0.1) is 0 Å². The third-order valence-electron chi connectivity index (χ3n) is 3.77. The number of carbonyl (C=O) groups excluding carboxylic acids is 2. The van der Waals surface area contributed by atoms with E-state index in [-0.39, 0.29) is 30.2 Å². The number of carbonyl (C=O) groups is 2. The summed E-state index contributed by atoms with van der Waals surface area (Å²) in [6.45, 7) is 0. The lowest BCUT2D eigenvalue weighted by molar-refractivity contribution is -0.128. The van der Waals surface area contributed by atoms with Gasteiger partial charge in [0.25, 0.3) is 0 Å². The van der Waals surface area contributed by atoms with Crippen molar-refractivity contribution in [3.63, 3.8) is 0 Å². The molecule has 0 spiro atoms. The first-order valence-corrected chi connectivity index (χ1v) is 7.11. The van der Waals surface area contributed by atoms with E-state index < -0.39 is 5.92 Å². The fourth-order valence-corrected chi connectivity index (χ4v) is 2.93. The molecule has 2 atom stereocenters. The zero-order valence-electron chi connectivity index (χ0n) is 11.8. The number of nitrogens with zero attached hydrogens (tertiary/aromatic N) is 3. The number of aromatic nitrogens is 3. The molecule has 1 aromatic heterocycles. The summed E-state index contributed by atoms with van der Waals surface area (Å²) in [5, 5.41) is 9.45. The van der Waals surface area contributed by atoms with Crippen LogP contribution in [0.3, 0.4) is 0 Å². The Morgan fingerprint density at radius 3 is 3.00 bits per heavy atom. The number of anilines is 1. The van der Waals surface area contributed by atoms with E-state index in [1.165, 1.54) is 6.33 Å². The van der Waals surface area contributed by atoms with Crippen molar-refractivity contribution < 1.29 is 9.59 Å². The summed E-state index contributed by atoms with van der Waals surface area (Å²) in [6.07, 6.45) is 1.45. The van der Waals surface area contributed by atoms with Crippen LogP contribution in [-0.4, -0.2) is 38.9 Å². The normalized spacial score (nSPS) is 21.2. The molecular weight excluding hydrogens is 306 g/mol. The Labute approximate surface area is 131 Å². The minimum absolute atomic E-state index is 0.0808. The van der Waals surface area contributed by atoms with Crippen molar-refractivity contribution in [2.24, 2.45) is 5.92 Å². The molecule has 0 radical (unpaired) electrons. The van der Waals surface area contributed by atoms with Crippen LogP contribution in [0.25, 0.3) is 0 Å². The second-order valence-electron chi connectivity index (χ2n) is 5.14. The summed E-state index contributed by atoms with van der Waals surface area (Å²) in [6, 6.07) is 6.84. The van der Waals surface area contributed by atoms with E-state index in [1.807, 2.05) is 6.07 Å². The highest BCUT2D eigenvalue weighted by Crippen LogP contribution is 2.38. The number of aromatic amines is 1. The maximum absolute atomic E-state index is 12.5. The maximum atomic E-state index is 12.5. The van der Waals surface area contributed by atoms with Crippen LogP contribution in [0.5, 0.6) is 0 Å². The minimum Gasteiger partial charge on any atom is -0.338 e. The smallest absolute Gasteiger partial charge is 0.232 e. The van der Waals surface area contributed by atoms with Crippen molar-refractivity contribution >= 4 is 29.4 Å². The molecule has 1 aromatic carbocycles. The first-order chi connectivity index (χ1) is 10.6. The Morgan fingerprint density at radius 1 is 1.50 bits per heavy atom. The average molecular weight is 320 g/mol. The van der Waals surface area contributed by atoms with Gasteiger partial charge in [0.05, 0.1) is 12.0 Å². The van der Waals surface area contributed by atoms with Crippen LogP contribution in [0.4, 0.5) is 5.95 Å². The van der Waals surface area contributed by atoms with Gasteiger partial charge in [-0.05, 0) is 17.7 Å². The van der Waals surface area contributed by atoms with Crippen LogP contribution in [0.15, 0.2) is 30.6 Å². The van der Waals surface area contributed by atoms with Crippen LogP contribution in [0.2, 0.25) is 5.02 Å². The van der Waals surface area contributed by atoms with E-state index >= 15 is 0 Å². The van der Waals surface area contributed by atoms with Crippen molar-refractivity contribution in [1.82, 2.24) is 20.1 Å². The van der Waals surface area contributed by atoms with Crippen LogP contribution >= 0.6 is 11.6 Å². The first kappa shape index (κ1) is 14.5. The van der Waals surface area contributed by atoms with Gasteiger partial charge < -0.3 is 4.90 Å². The number of nitrogens with one attached hydrogen (secondary N) is 2.